The zero-order chi connectivity index (χ0) is 13.0. The van der Waals surface area contributed by atoms with E-state index in [-0.39, 0.29) is 0 Å². The van der Waals surface area contributed by atoms with Gasteiger partial charge in [-0.15, -0.1) is 0 Å². The number of benzene rings is 1. The average Bonchev–Trinajstić information content (AvgIpc) is 2.40. The van der Waals surface area contributed by atoms with Crippen LogP contribution in [0.25, 0.3) is 0 Å². The molecule has 1 aromatic rings. The lowest BCUT2D eigenvalue weighted by molar-refractivity contribution is 0.0459. The normalized spacial score (nSPS) is 17.2. The number of nitrogens with two attached hydrogens (primary N) is 1. The molecule has 1 heterocycles. The lowest BCUT2D eigenvalue weighted by Gasteiger charge is -2.34. The maximum absolute atomic E-state index is 5.83. The molecule has 0 atom stereocenters. The highest BCUT2D eigenvalue weighted by Crippen LogP contribution is 2.27. The maximum Gasteiger partial charge on any atom is 0.0608 e. The molecule has 1 fully saturated rings. The molecular formula is C14H21BrN2O. The molecule has 0 radical (unpaired) electrons. The number of hydrogen-bond acceptors (Lipinski definition) is 3. The van der Waals surface area contributed by atoms with Crippen molar-refractivity contribution >= 4 is 21.6 Å². The van der Waals surface area contributed by atoms with Crippen LogP contribution in [0.5, 0.6) is 0 Å². The molecule has 1 aliphatic rings. The molecule has 0 bridgehead atoms. The summed E-state index contributed by atoms with van der Waals surface area (Å²) in [6, 6.07) is 6.36. The number of rotatable bonds is 4. The van der Waals surface area contributed by atoms with Crippen LogP contribution >= 0.6 is 15.9 Å². The summed E-state index contributed by atoms with van der Waals surface area (Å²) in [5.41, 5.74) is 8.31. The zero-order valence-corrected chi connectivity index (χ0v) is 12.4. The molecule has 0 amide bonds. The van der Waals surface area contributed by atoms with Crippen molar-refractivity contribution in [3.05, 3.63) is 28.2 Å². The van der Waals surface area contributed by atoms with Crippen molar-refractivity contribution in [2.45, 2.75) is 32.4 Å². The fourth-order valence-electron chi connectivity index (χ4n) is 2.53. The first-order valence-electron chi connectivity index (χ1n) is 6.59. The van der Waals surface area contributed by atoms with Gasteiger partial charge in [0.1, 0.15) is 0 Å². The number of halogens is 1. The molecule has 3 nitrogen and oxygen atoms in total. The SMILES string of the molecule is CCOC1CCN(c2ccc(Br)cc2CN)CC1. The predicted molar refractivity (Wildman–Crippen MR) is 78.9 cm³/mol. The van der Waals surface area contributed by atoms with Gasteiger partial charge in [0.05, 0.1) is 6.10 Å². The van der Waals surface area contributed by atoms with E-state index in [9.17, 15) is 0 Å². The zero-order valence-electron chi connectivity index (χ0n) is 10.9. The summed E-state index contributed by atoms with van der Waals surface area (Å²) in [4.78, 5) is 2.42. The van der Waals surface area contributed by atoms with E-state index >= 15 is 0 Å². The molecule has 2 N–H and O–H groups in total. The van der Waals surface area contributed by atoms with Crippen LogP contribution in [-0.4, -0.2) is 25.8 Å². The first-order valence-corrected chi connectivity index (χ1v) is 7.39. The minimum Gasteiger partial charge on any atom is -0.378 e. The second-order valence-electron chi connectivity index (χ2n) is 4.62. The van der Waals surface area contributed by atoms with Gasteiger partial charge < -0.3 is 15.4 Å². The van der Waals surface area contributed by atoms with Crippen LogP contribution in [0.15, 0.2) is 22.7 Å². The van der Waals surface area contributed by atoms with E-state index < -0.39 is 0 Å². The number of nitrogens with zero attached hydrogens (tertiary/aromatic N) is 1. The Balaban J connectivity index is 2.05. The van der Waals surface area contributed by atoms with E-state index in [4.69, 9.17) is 10.5 Å². The van der Waals surface area contributed by atoms with Crippen molar-refractivity contribution in [3.63, 3.8) is 0 Å². The van der Waals surface area contributed by atoms with E-state index in [0.29, 0.717) is 12.6 Å². The first kappa shape index (κ1) is 13.8. The molecule has 18 heavy (non-hydrogen) atoms. The molecular weight excluding hydrogens is 292 g/mol. The summed E-state index contributed by atoms with van der Waals surface area (Å²) in [5, 5.41) is 0. The molecule has 0 saturated carbocycles. The number of anilines is 1. The highest BCUT2D eigenvalue weighted by Gasteiger charge is 2.20. The molecule has 2 rings (SSSR count). The third-order valence-electron chi connectivity index (χ3n) is 3.45. The van der Waals surface area contributed by atoms with Gasteiger partial charge in [-0.05, 0) is 43.5 Å². The summed E-state index contributed by atoms with van der Waals surface area (Å²) < 4.78 is 6.78. The van der Waals surface area contributed by atoms with Crippen molar-refractivity contribution in [2.24, 2.45) is 5.73 Å². The molecule has 100 valence electrons. The average molecular weight is 313 g/mol. The summed E-state index contributed by atoms with van der Waals surface area (Å²) in [6.07, 6.45) is 2.64. The van der Waals surface area contributed by atoms with E-state index in [1.54, 1.807) is 0 Å². The Morgan fingerprint density at radius 1 is 1.39 bits per heavy atom. The molecule has 1 aromatic carbocycles. The highest BCUT2D eigenvalue weighted by molar-refractivity contribution is 9.10. The maximum atomic E-state index is 5.83. The van der Waals surface area contributed by atoms with Gasteiger partial charge >= 0.3 is 0 Å². The standard InChI is InChI=1S/C14H21BrN2O/c1-2-18-13-5-7-17(8-6-13)14-4-3-12(15)9-11(14)10-16/h3-4,9,13H,2,5-8,10,16H2,1H3. The summed E-state index contributed by atoms with van der Waals surface area (Å²) in [5.74, 6) is 0. The van der Waals surface area contributed by atoms with Crippen molar-refractivity contribution in [3.8, 4) is 0 Å². The monoisotopic (exact) mass is 312 g/mol. The first-order chi connectivity index (χ1) is 8.74. The van der Waals surface area contributed by atoms with Crippen molar-refractivity contribution in [2.75, 3.05) is 24.6 Å². The van der Waals surface area contributed by atoms with Gasteiger partial charge in [0, 0.05) is 36.4 Å². The van der Waals surface area contributed by atoms with Crippen molar-refractivity contribution in [1.29, 1.82) is 0 Å². The lowest BCUT2D eigenvalue weighted by atomic mass is 10.0. The fourth-order valence-corrected chi connectivity index (χ4v) is 2.93. The summed E-state index contributed by atoms with van der Waals surface area (Å²) in [7, 11) is 0. The Morgan fingerprint density at radius 2 is 2.11 bits per heavy atom. The molecule has 1 saturated heterocycles. The lowest BCUT2D eigenvalue weighted by Crippen LogP contribution is -2.37. The third kappa shape index (κ3) is 3.25. The van der Waals surface area contributed by atoms with Crippen LogP contribution in [0.3, 0.4) is 0 Å². The Kier molecular flexibility index (Phi) is 5.03. The molecule has 0 unspecified atom stereocenters. The van der Waals surface area contributed by atoms with Gasteiger partial charge in [-0.3, -0.25) is 0 Å². The molecule has 4 heteroatoms. The second kappa shape index (κ2) is 6.55. The summed E-state index contributed by atoms with van der Waals surface area (Å²) >= 11 is 3.50. The molecule has 1 aliphatic heterocycles. The van der Waals surface area contributed by atoms with Gasteiger partial charge in [-0.2, -0.15) is 0 Å². The fraction of sp³-hybridized carbons (Fsp3) is 0.571. The van der Waals surface area contributed by atoms with Crippen LogP contribution < -0.4 is 10.6 Å². The Labute approximate surface area is 117 Å². The van der Waals surface area contributed by atoms with E-state index in [1.807, 2.05) is 0 Å². The largest absolute Gasteiger partial charge is 0.378 e. The topological polar surface area (TPSA) is 38.5 Å². The number of piperidine rings is 1. The van der Waals surface area contributed by atoms with Crippen LogP contribution in [0.2, 0.25) is 0 Å². The Bertz CT molecular complexity index is 389. The Morgan fingerprint density at radius 3 is 2.72 bits per heavy atom. The van der Waals surface area contributed by atoms with Crippen LogP contribution in [0, 0.1) is 0 Å². The quantitative estimate of drug-likeness (QED) is 0.929. The minimum absolute atomic E-state index is 0.433. The van der Waals surface area contributed by atoms with E-state index in [2.05, 4.69) is 46.0 Å². The van der Waals surface area contributed by atoms with E-state index in [0.717, 1.165) is 37.0 Å². The van der Waals surface area contributed by atoms with Crippen LogP contribution in [0.4, 0.5) is 5.69 Å². The number of hydrogen-bond donors (Lipinski definition) is 1. The van der Waals surface area contributed by atoms with E-state index in [1.165, 1.54) is 11.3 Å². The molecule has 0 aromatic heterocycles. The molecule has 0 aliphatic carbocycles. The highest BCUT2D eigenvalue weighted by atomic mass is 79.9. The number of ether oxygens (including phenoxy) is 1. The third-order valence-corrected chi connectivity index (χ3v) is 3.94. The van der Waals surface area contributed by atoms with Gasteiger partial charge in [-0.25, -0.2) is 0 Å². The molecule has 0 spiro atoms. The second-order valence-corrected chi connectivity index (χ2v) is 5.53. The minimum atomic E-state index is 0.433. The Hall–Kier alpha value is -0.580. The van der Waals surface area contributed by atoms with Gasteiger partial charge in [0.15, 0.2) is 0 Å². The van der Waals surface area contributed by atoms with Crippen LogP contribution in [-0.2, 0) is 11.3 Å². The van der Waals surface area contributed by atoms with Crippen molar-refractivity contribution < 1.29 is 4.74 Å². The summed E-state index contributed by atoms with van der Waals surface area (Å²) in [6.45, 7) is 5.57. The smallest absolute Gasteiger partial charge is 0.0608 e. The van der Waals surface area contributed by atoms with Gasteiger partial charge in [-0.1, -0.05) is 15.9 Å². The van der Waals surface area contributed by atoms with Gasteiger partial charge in [0.2, 0.25) is 0 Å². The van der Waals surface area contributed by atoms with Gasteiger partial charge in [0.25, 0.3) is 0 Å². The van der Waals surface area contributed by atoms with Crippen LogP contribution in [0.1, 0.15) is 25.3 Å². The van der Waals surface area contributed by atoms with Crippen molar-refractivity contribution in [1.82, 2.24) is 0 Å². The predicted octanol–water partition coefficient (Wildman–Crippen LogP) is 2.91.